The van der Waals surface area contributed by atoms with E-state index >= 15 is 0 Å². The molecule has 2 fully saturated rings. The lowest BCUT2D eigenvalue weighted by molar-refractivity contribution is 0.0222. The number of nitrogens with one attached hydrogen (secondary N) is 1. The number of ether oxygens (including phenoxy) is 3. The summed E-state index contributed by atoms with van der Waals surface area (Å²) in [6.07, 6.45) is 1.21. The van der Waals surface area contributed by atoms with Gasteiger partial charge >= 0.3 is 6.09 Å². The highest BCUT2D eigenvalue weighted by Gasteiger charge is 2.40. The SMILES string of the molecule is COCCOCCN1CC2CCC(C1)N2C[C@@H](COc1ccc(C#N)cc1)NC(=O)O. The Hall–Kier alpha value is -2.38. The molecule has 2 unspecified atom stereocenters. The molecule has 0 saturated carbocycles. The predicted molar refractivity (Wildman–Crippen MR) is 114 cm³/mol. The maximum absolute atomic E-state index is 11.3. The lowest BCUT2D eigenvalue weighted by atomic mass is 10.1. The normalized spacial score (nSPS) is 22.1. The topological polar surface area (TPSA) is 107 Å². The molecule has 0 radical (unpaired) electrons. The van der Waals surface area contributed by atoms with Gasteiger partial charge in [0.25, 0.3) is 0 Å². The van der Waals surface area contributed by atoms with Gasteiger partial charge in [-0.25, -0.2) is 4.79 Å². The second-order valence-corrected chi connectivity index (χ2v) is 8.04. The number of piperazine rings is 1. The van der Waals surface area contributed by atoms with Gasteiger partial charge in [0.1, 0.15) is 12.4 Å². The second-order valence-electron chi connectivity index (χ2n) is 8.04. The number of carboxylic acid groups (broad SMARTS) is 1. The summed E-state index contributed by atoms with van der Waals surface area (Å²) >= 11 is 0. The molecule has 1 aromatic rings. The van der Waals surface area contributed by atoms with Crippen LogP contribution in [0.3, 0.4) is 0 Å². The van der Waals surface area contributed by atoms with Gasteiger partial charge in [-0.3, -0.25) is 9.80 Å². The van der Waals surface area contributed by atoms with Gasteiger partial charge in [0.15, 0.2) is 0 Å². The number of benzene rings is 1. The minimum absolute atomic E-state index is 0.241. The molecule has 2 N–H and O–H groups in total. The van der Waals surface area contributed by atoms with Gasteiger partial charge in [0.05, 0.1) is 37.5 Å². The number of nitrogens with zero attached hydrogens (tertiary/aromatic N) is 3. The average Bonchev–Trinajstić information content (AvgIpc) is 2.99. The first-order valence-corrected chi connectivity index (χ1v) is 10.8. The maximum atomic E-state index is 11.3. The largest absolute Gasteiger partial charge is 0.491 e. The van der Waals surface area contributed by atoms with Crippen LogP contribution in [-0.2, 0) is 9.47 Å². The number of fused-ring (bicyclic) bond motifs is 2. The molecule has 1 amide bonds. The van der Waals surface area contributed by atoms with E-state index in [0.29, 0.717) is 49.8 Å². The number of methoxy groups -OCH3 is 1. The molecule has 31 heavy (non-hydrogen) atoms. The van der Waals surface area contributed by atoms with E-state index in [0.717, 1.165) is 32.5 Å². The maximum Gasteiger partial charge on any atom is 0.405 e. The number of nitriles is 1. The van der Waals surface area contributed by atoms with Gasteiger partial charge in [0, 0.05) is 45.4 Å². The molecule has 9 heteroatoms. The minimum atomic E-state index is -1.05. The van der Waals surface area contributed by atoms with E-state index in [1.165, 1.54) is 0 Å². The Bertz CT molecular complexity index is 724. The first-order valence-electron chi connectivity index (χ1n) is 10.8. The van der Waals surface area contributed by atoms with Crippen molar-refractivity contribution < 1.29 is 24.1 Å². The predicted octanol–water partition coefficient (Wildman–Crippen LogP) is 1.38. The highest BCUT2D eigenvalue weighted by molar-refractivity contribution is 5.64. The monoisotopic (exact) mass is 432 g/mol. The van der Waals surface area contributed by atoms with E-state index in [1.807, 2.05) is 0 Å². The van der Waals surface area contributed by atoms with Gasteiger partial charge in [-0.15, -0.1) is 0 Å². The third-order valence-electron chi connectivity index (χ3n) is 5.89. The van der Waals surface area contributed by atoms with Gasteiger partial charge in [-0.05, 0) is 37.1 Å². The Kier molecular flexibility index (Phi) is 8.91. The van der Waals surface area contributed by atoms with Gasteiger partial charge in [-0.2, -0.15) is 5.26 Å². The summed E-state index contributed by atoms with van der Waals surface area (Å²) in [5, 5.41) is 20.8. The molecular formula is C22H32N4O5. The van der Waals surface area contributed by atoms with Crippen molar-refractivity contribution in [3.63, 3.8) is 0 Å². The van der Waals surface area contributed by atoms with Crippen molar-refractivity contribution in [2.45, 2.75) is 31.0 Å². The molecule has 0 aliphatic carbocycles. The molecule has 2 aliphatic heterocycles. The Balaban J connectivity index is 1.49. The standard InChI is InChI=1S/C22H32N4O5/c1-29-10-11-30-9-8-25-14-19-4-5-20(15-25)26(19)13-18(24-22(27)28)16-31-21-6-2-17(12-23)3-7-21/h2-3,6-7,18-20,24H,4-5,8-11,13-16H2,1H3,(H,27,28)/t18-,19?,20?/m0/s1. The van der Waals surface area contributed by atoms with E-state index in [2.05, 4.69) is 21.2 Å². The molecule has 3 atom stereocenters. The van der Waals surface area contributed by atoms with Gasteiger partial charge < -0.3 is 24.6 Å². The summed E-state index contributed by atoms with van der Waals surface area (Å²) in [4.78, 5) is 16.2. The fourth-order valence-electron chi connectivity index (χ4n) is 4.39. The molecule has 2 aliphatic rings. The average molecular weight is 433 g/mol. The summed E-state index contributed by atoms with van der Waals surface area (Å²) in [5.41, 5.74) is 0.561. The number of hydrogen-bond acceptors (Lipinski definition) is 7. The Morgan fingerprint density at radius 3 is 2.55 bits per heavy atom. The molecule has 9 nitrogen and oxygen atoms in total. The van der Waals surface area contributed by atoms with Crippen LogP contribution in [0.25, 0.3) is 0 Å². The Morgan fingerprint density at radius 1 is 1.23 bits per heavy atom. The molecule has 2 saturated heterocycles. The number of carbonyl (C=O) groups is 1. The van der Waals surface area contributed by atoms with Crippen LogP contribution in [0.4, 0.5) is 4.79 Å². The van der Waals surface area contributed by atoms with Crippen molar-refractivity contribution in [1.29, 1.82) is 5.26 Å². The van der Waals surface area contributed by atoms with Crippen LogP contribution in [0.1, 0.15) is 18.4 Å². The van der Waals surface area contributed by atoms with E-state index in [9.17, 15) is 9.90 Å². The summed E-state index contributed by atoms with van der Waals surface area (Å²) in [6.45, 7) is 5.64. The number of rotatable bonds is 12. The summed E-state index contributed by atoms with van der Waals surface area (Å²) < 4.78 is 16.4. The van der Waals surface area contributed by atoms with Crippen LogP contribution in [-0.4, -0.2) is 98.8 Å². The first-order chi connectivity index (χ1) is 15.1. The summed E-state index contributed by atoms with van der Waals surface area (Å²) in [7, 11) is 1.67. The van der Waals surface area contributed by atoms with Crippen LogP contribution in [0.2, 0.25) is 0 Å². The van der Waals surface area contributed by atoms with Crippen molar-refractivity contribution in [2.24, 2.45) is 0 Å². The third-order valence-corrected chi connectivity index (χ3v) is 5.89. The zero-order valence-corrected chi connectivity index (χ0v) is 18.0. The van der Waals surface area contributed by atoms with Crippen molar-refractivity contribution in [2.75, 3.05) is 59.7 Å². The smallest absolute Gasteiger partial charge is 0.405 e. The Labute approximate surface area is 183 Å². The van der Waals surface area contributed by atoms with E-state index < -0.39 is 6.09 Å². The van der Waals surface area contributed by atoms with Crippen LogP contribution in [0.15, 0.2) is 24.3 Å². The van der Waals surface area contributed by atoms with Crippen molar-refractivity contribution in [3.05, 3.63) is 29.8 Å². The van der Waals surface area contributed by atoms with Crippen LogP contribution >= 0.6 is 0 Å². The fraction of sp³-hybridized carbons (Fsp3) is 0.636. The van der Waals surface area contributed by atoms with Gasteiger partial charge in [-0.1, -0.05) is 0 Å². The molecule has 2 bridgehead atoms. The van der Waals surface area contributed by atoms with Crippen molar-refractivity contribution in [3.8, 4) is 11.8 Å². The molecule has 1 aromatic carbocycles. The van der Waals surface area contributed by atoms with E-state index in [-0.39, 0.29) is 12.6 Å². The number of hydrogen-bond donors (Lipinski definition) is 2. The molecule has 0 spiro atoms. The molecule has 0 aromatic heterocycles. The molecule has 170 valence electrons. The zero-order valence-electron chi connectivity index (χ0n) is 18.0. The van der Waals surface area contributed by atoms with Crippen LogP contribution in [0, 0.1) is 11.3 Å². The third kappa shape index (κ3) is 7.08. The fourth-order valence-corrected chi connectivity index (χ4v) is 4.39. The van der Waals surface area contributed by atoms with Crippen molar-refractivity contribution >= 4 is 6.09 Å². The van der Waals surface area contributed by atoms with Crippen LogP contribution < -0.4 is 10.1 Å². The number of likely N-dealkylation sites (tertiary alicyclic amines) is 1. The first kappa shape index (κ1) is 23.3. The van der Waals surface area contributed by atoms with Crippen LogP contribution in [0.5, 0.6) is 5.75 Å². The highest BCUT2D eigenvalue weighted by Crippen LogP contribution is 2.30. The molecule has 3 rings (SSSR count). The van der Waals surface area contributed by atoms with E-state index in [4.69, 9.17) is 19.5 Å². The lowest BCUT2D eigenvalue weighted by Gasteiger charge is -2.42. The lowest BCUT2D eigenvalue weighted by Crippen LogP contribution is -2.58. The van der Waals surface area contributed by atoms with Crippen molar-refractivity contribution in [1.82, 2.24) is 15.1 Å². The highest BCUT2D eigenvalue weighted by atomic mass is 16.5. The quantitative estimate of drug-likeness (QED) is 0.477. The number of amides is 1. The van der Waals surface area contributed by atoms with E-state index in [1.54, 1.807) is 31.4 Å². The summed E-state index contributed by atoms with van der Waals surface area (Å²) in [5.74, 6) is 0.623. The molecule has 2 heterocycles. The second kappa shape index (κ2) is 11.9. The van der Waals surface area contributed by atoms with Gasteiger partial charge in [0.2, 0.25) is 0 Å². The Morgan fingerprint density at radius 2 is 1.94 bits per heavy atom. The summed E-state index contributed by atoms with van der Waals surface area (Å²) in [6, 6.07) is 9.42. The zero-order chi connectivity index (χ0) is 22.1. The molecular weight excluding hydrogens is 400 g/mol. The minimum Gasteiger partial charge on any atom is -0.491 e.